The summed E-state index contributed by atoms with van der Waals surface area (Å²) in [6.07, 6.45) is 2.03. The first-order chi connectivity index (χ1) is 9.78. The summed E-state index contributed by atoms with van der Waals surface area (Å²) >= 11 is 1.72. The van der Waals surface area contributed by atoms with Gasteiger partial charge in [0, 0.05) is 33.4 Å². The van der Waals surface area contributed by atoms with Gasteiger partial charge in [-0.15, -0.1) is 0 Å². The summed E-state index contributed by atoms with van der Waals surface area (Å²) in [6, 6.07) is 13.8. The van der Waals surface area contributed by atoms with Crippen molar-refractivity contribution in [3.63, 3.8) is 0 Å². The smallest absolute Gasteiger partial charge is 0.115 e. The molecule has 0 spiro atoms. The molecule has 1 aromatic heterocycles. The van der Waals surface area contributed by atoms with E-state index in [2.05, 4.69) is 22.4 Å². The predicted molar refractivity (Wildman–Crippen MR) is 83.3 cm³/mol. The maximum absolute atomic E-state index is 9.62. The third-order valence-electron chi connectivity index (χ3n) is 3.18. The van der Waals surface area contributed by atoms with Crippen LogP contribution in [0.4, 0.5) is 0 Å². The van der Waals surface area contributed by atoms with E-state index in [1.54, 1.807) is 17.8 Å². The van der Waals surface area contributed by atoms with Gasteiger partial charge in [-0.2, -0.15) is 0 Å². The van der Waals surface area contributed by atoms with Crippen molar-refractivity contribution in [1.82, 2.24) is 10.3 Å². The molecule has 20 heavy (non-hydrogen) atoms. The molecule has 1 heterocycles. The Morgan fingerprint density at radius 2 is 2.00 bits per heavy atom. The van der Waals surface area contributed by atoms with Crippen molar-refractivity contribution in [3.8, 4) is 5.75 Å². The van der Waals surface area contributed by atoms with Gasteiger partial charge in [0.2, 0.25) is 0 Å². The lowest BCUT2D eigenvalue weighted by atomic mass is 10.2. The fourth-order valence-corrected chi connectivity index (χ4v) is 3.28. The van der Waals surface area contributed by atoms with E-state index in [9.17, 15) is 5.11 Å². The third-order valence-corrected chi connectivity index (χ3v) is 4.36. The van der Waals surface area contributed by atoms with Crippen molar-refractivity contribution in [2.75, 3.05) is 7.05 Å². The molecule has 102 valence electrons. The Kier molecular flexibility index (Phi) is 3.67. The summed E-state index contributed by atoms with van der Waals surface area (Å²) in [5.74, 6) is 0.304. The molecule has 0 radical (unpaired) electrons. The summed E-state index contributed by atoms with van der Waals surface area (Å²) in [6.45, 7) is 0.735. The van der Waals surface area contributed by atoms with E-state index < -0.39 is 0 Å². The van der Waals surface area contributed by atoms with E-state index in [0.29, 0.717) is 5.75 Å². The molecule has 3 aromatic rings. The number of benzene rings is 2. The summed E-state index contributed by atoms with van der Waals surface area (Å²) in [4.78, 5) is 5.64. The van der Waals surface area contributed by atoms with Crippen molar-refractivity contribution in [3.05, 3.63) is 54.2 Å². The zero-order valence-electron chi connectivity index (χ0n) is 11.2. The zero-order chi connectivity index (χ0) is 13.9. The fourth-order valence-electron chi connectivity index (χ4n) is 2.24. The number of rotatable bonds is 4. The van der Waals surface area contributed by atoms with E-state index in [1.807, 2.05) is 37.5 Å². The molecule has 4 heteroatoms. The van der Waals surface area contributed by atoms with E-state index in [-0.39, 0.29) is 0 Å². The van der Waals surface area contributed by atoms with Crippen molar-refractivity contribution in [2.45, 2.75) is 16.3 Å². The first-order valence-corrected chi connectivity index (χ1v) is 7.30. The lowest BCUT2D eigenvalue weighted by Crippen LogP contribution is -2.05. The Morgan fingerprint density at radius 1 is 1.15 bits per heavy atom. The van der Waals surface area contributed by atoms with Crippen molar-refractivity contribution in [1.29, 1.82) is 0 Å². The highest BCUT2D eigenvalue weighted by atomic mass is 32.2. The fraction of sp³-hybridized carbons (Fsp3) is 0.125. The summed E-state index contributed by atoms with van der Waals surface area (Å²) in [5.41, 5.74) is 2.24. The molecule has 0 atom stereocenters. The Morgan fingerprint density at radius 3 is 2.85 bits per heavy atom. The molecule has 0 bridgehead atoms. The molecule has 0 amide bonds. The summed E-state index contributed by atoms with van der Waals surface area (Å²) in [5, 5.41) is 14.0. The zero-order valence-corrected chi connectivity index (χ0v) is 12.0. The molecule has 0 saturated carbocycles. The van der Waals surface area contributed by atoms with Crippen molar-refractivity contribution < 1.29 is 5.11 Å². The molecule has 3 nitrogen and oxygen atoms in total. The summed E-state index contributed by atoms with van der Waals surface area (Å²) in [7, 11) is 1.91. The van der Waals surface area contributed by atoms with Gasteiger partial charge in [0.1, 0.15) is 5.75 Å². The number of phenols is 1. The van der Waals surface area contributed by atoms with Gasteiger partial charge in [-0.05, 0) is 36.9 Å². The molecule has 0 saturated heterocycles. The minimum Gasteiger partial charge on any atom is -0.508 e. The molecule has 0 aliphatic heterocycles. The normalized spacial score (nSPS) is 11.1. The second-order valence-corrected chi connectivity index (χ2v) is 5.71. The topological polar surface area (TPSA) is 48.0 Å². The van der Waals surface area contributed by atoms with Crippen LogP contribution in [0.5, 0.6) is 5.75 Å². The molecule has 0 aliphatic rings. The molecule has 0 unspecified atom stereocenters. The average molecular weight is 284 g/mol. The Labute approximate surface area is 122 Å². The van der Waals surface area contributed by atoms with Crippen LogP contribution in [0.2, 0.25) is 0 Å². The first kappa shape index (κ1) is 13.1. The SMILES string of the molecule is CNCc1cc(O)ccc1Sc1c[nH]c2ccccc12. The number of aromatic amines is 1. The minimum absolute atomic E-state index is 0.304. The maximum atomic E-state index is 9.62. The number of aromatic nitrogens is 1. The van der Waals surface area contributed by atoms with Gasteiger partial charge < -0.3 is 15.4 Å². The maximum Gasteiger partial charge on any atom is 0.115 e. The second-order valence-electron chi connectivity index (χ2n) is 4.62. The molecule has 3 rings (SSSR count). The number of para-hydroxylation sites is 1. The third kappa shape index (κ3) is 2.53. The van der Waals surface area contributed by atoms with Crippen LogP contribution in [0.25, 0.3) is 10.9 Å². The highest BCUT2D eigenvalue weighted by molar-refractivity contribution is 7.99. The molecular formula is C16H16N2OS. The standard InChI is InChI=1S/C16H16N2OS/c1-17-9-11-8-12(19)6-7-15(11)20-16-10-18-14-5-3-2-4-13(14)16/h2-8,10,17-19H,9H2,1H3. The average Bonchev–Trinajstić information content (AvgIpc) is 2.86. The van der Waals surface area contributed by atoms with Crippen LogP contribution in [0.1, 0.15) is 5.56 Å². The van der Waals surface area contributed by atoms with E-state index >= 15 is 0 Å². The first-order valence-electron chi connectivity index (χ1n) is 6.48. The number of fused-ring (bicyclic) bond motifs is 1. The number of aromatic hydroxyl groups is 1. The lowest BCUT2D eigenvalue weighted by molar-refractivity contribution is 0.473. The van der Waals surface area contributed by atoms with Crippen LogP contribution in [0.15, 0.2) is 58.5 Å². The number of hydrogen-bond acceptors (Lipinski definition) is 3. The number of nitrogens with one attached hydrogen (secondary N) is 2. The lowest BCUT2D eigenvalue weighted by Gasteiger charge is -2.09. The monoisotopic (exact) mass is 284 g/mol. The molecular weight excluding hydrogens is 268 g/mol. The predicted octanol–water partition coefficient (Wildman–Crippen LogP) is 3.74. The highest BCUT2D eigenvalue weighted by Gasteiger charge is 2.09. The number of H-pyrrole nitrogens is 1. The van der Waals surface area contributed by atoms with Crippen molar-refractivity contribution in [2.24, 2.45) is 0 Å². The van der Waals surface area contributed by atoms with Crippen LogP contribution < -0.4 is 5.32 Å². The quantitative estimate of drug-likeness (QED) is 0.684. The minimum atomic E-state index is 0.304. The van der Waals surface area contributed by atoms with Gasteiger partial charge in [0.25, 0.3) is 0 Å². The van der Waals surface area contributed by atoms with Crippen LogP contribution >= 0.6 is 11.8 Å². The van der Waals surface area contributed by atoms with E-state index in [4.69, 9.17) is 0 Å². The van der Waals surface area contributed by atoms with E-state index in [0.717, 1.165) is 22.5 Å². The molecule has 0 fully saturated rings. The van der Waals surface area contributed by atoms with Gasteiger partial charge in [-0.3, -0.25) is 0 Å². The van der Waals surface area contributed by atoms with Crippen LogP contribution in [-0.4, -0.2) is 17.1 Å². The Hall–Kier alpha value is -1.91. The Bertz CT molecular complexity index is 736. The number of hydrogen-bond donors (Lipinski definition) is 3. The van der Waals surface area contributed by atoms with E-state index in [1.165, 1.54) is 10.3 Å². The van der Waals surface area contributed by atoms with Crippen molar-refractivity contribution >= 4 is 22.7 Å². The molecule has 3 N–H and O–H groups in total. The Balaban J connectivity index is 1.98. The van der Waals surface area contributed by atoms with Crippen LogP contribution in [-0.2, 0) is 6.54 Å². The van der Waals surface area contributed by atoms with Gasteiger partial charge in [0.15, 0.2) is 0 Å². The van der Waals surface area contributed by atoms with Crippen LogP contribution in [0, 0.1) is 0 Å². The molecule has 2 aromatic carbocycles. The largest absolute Gasteiger partial charge is 0.508 e. The summed E-state index contributed by atoms with van der Waals surface area (Å²) < 4.78 is 0. The highest BCUT2D eigenvalue weighted by Crippen LogP contribution is 2.36. The van der Waals surface area contributed by atoms with Gasteiger partial charge in [0.05, 0.1) is 0 Å². The van der Waals surface area contributed by atoms with Gasteiger partial charge in [-0.25, -0.2) is 0 Å². The van der Waals surface area contributed by atoms with Gasteiger partial charge >= 0.3 is 0 Å². The van der Waals surface area contributed by atoms with Crippen LogP contribution in [0.3, 0.4) is 0 Å². The number of phenolic OH excluding ortho intramolecular Hbond substituents is 1. The second kappa shape index (κ2) is 5.61. The molecule has 0 aliphatic carbocycles. The van der Waals surface area contributed by atoms with Gasteiger partial charge in [-0.1, -0.05) is 30.0 Å².